The van der Waals surface area contributed by atoms with Crippen LogP contribution in [-0.2, 0) is 11.3 Å². The molecule has 0 fully saturated rings. The molecule has 1 aromatic heterocycles. The molecule has 0 saturated carbocycles. The number of alkyl halides is 1. The maximum Gasteiger partial charge on any atom is 0.242 e. The molecule has 1 aliphatic rings. The van der Waals surface area contributed by atoms with Gasteiger partial charge in [-0.25, -0.2) is 0 Å². The number of amides is 1. The first-order valence-electron chi connectivity index (χ1n) is 6.71. The Kier molecular flexibility index (Phi) is 4.70. The highest BCUT2D eigenvalue weighted by Crippen LogP contribution is 2.33. The Morgan fingerprint density at radius 1 is 1.58 bits per heavy atom. The predicted octanol–water partition coefficient (Wildman–Crippen LogP) is 3.94. The van der Waals surface area contributed by atoms with Crippen molar-refractivity contribution in [2.45, 2.75) is 39.7 Å². The van der Waals surface area contributed by atoms with Gasteiger partial charge in [0.2, 0.25) is 5.91 Å². The lowest BCUT2D eigenvalue weighted by molar-refractivity contribution is -0.127. The van der Waals surface area contributed by atoms with E-state index in [0.29, 0.717) is 12.5 Å². The molecule has 1 amide bonds. The number of hydrogen-bond acceptors (Lipinski definition) is 2. The zero-order chi connectivity index (χ0) is 13.8. The Balaban J connectivity index is 2.29. The van der Waals surface area contributed by atoms with Crippen LogP contribution in [0.4, 0.5) is 0 Å². The molecule has 1 atom stereocenters. The highest BCUT2D eigenvalue weighted by molar-refractivity contribution is 6.27. The van der Waals surface area contributed by atoms with Gasteiger partial charge in [-0.2, -0.15) is 0 Å². The average molecular weight is 282 g/mol. The summed E-state index contributed by atoms with van der Waals surface area (Å²) in [5.41, 5.74) is 2.43. The van der Waals surface area contributed by atoms with Crippen molar-refractivity contribution in [3.63, 3.8) is 0 Å². The van der Waals surface area contributed by atoms with Crippen LogP contribution in [0.1, 0.15) is 38.9 Å². The van der Waals surface area contributed by atoms with Crippen LogP contribution < -0.4 is 0 Å². The molecule has 0 bridgehead atoms. The van der Waals surface area contributed by atoms with E-state index in [0.717, 1.165) is 24.3 Å². The third-order valence-electron chi connectivity index (χ3n) is 3.69. The smallest absolute Gasteiger partial charge is 0.242 e. The SMILES string of the molecule is CC1=C(N(Cc2ccco2)C(=O)CCl)C(C)CCC1. The van der Waals surface area contributed by atoms with E-state index < -0.39 is 0 Å². The van der Waals surface area contributed by atoms with Crippen molar-refractivity contribution in [3.05, 3.63) is 35.4 Å². The van der Waals surface area contributed by atoms with Gasteiger partial charge in [0.15, 0.2) is 0 Å². The highest BCUT2D eigenvalue weighted by Gasteiger charge is 2.27. The number of nitrogens with zero attached hydrogens (tertiary/aromatic N) is 1. The Morgan fingerprint density at radius 3 is 2.95 bits per heavy atom. The lowest BCUT2D eigenvalue weighted by atomic mass is 9.88. The number of hydrogen-bond donors (Lipinski definition) is 0. The molecule has 0 spiro atoms. The topological polar surface area (TPSA) is 33.5 Å². The van der Waals surface area contributed by atoms with Gasteiger partial charge in [0.05, 0.1) is 12.8 Å². The molecule has 3 nitrogen and oxygen atoms in total. The summed E-state index contributed by atoms with van der Waals surface area (Å²) < 4.78 is 5.36. The van der Waals surface area contributed by atoms with E-state index in [4.69, 9.17) is 16.0 Å². The van der Waals surface area contributed by atoms with E-state index in [-0.39, 0.29) is 11.8 Å². The summed E-state index contributed by atoms with van der Waals surface area (Å²) in [6, 6.07) is 3.72. The fraction of sp³-hybridized carbons (Fsp3) is 0.533. The summed E-state index contributed by atoms with van der Waals surface area (Å²) in [5.74, 6) is 1.14. The lowest BCUT2D eigenvalue weighted by Gasteiger charge is -2.33. The molecule has 4 heteroatoms. The van der Waals surface area contributed by atoms with Gasteiger partial charge in [0, 0.05) is 5.70 Å². The average Bonchev–Trinajstić information content (AvgIpc) is 2.89. The number of carbonyl (C=O) groups is 1. The molecule has 0 N–H and O–H groups in total. The second kappa shape index (κ2) is 6.29. The molecule has 2 rings (SSSR count). The first kappa shape index (κ1) is 14.2. The van der Waals surface area contributed by atoms with Gasteiger partial charge in [0.25, 0.3) is 0 Å². The zero-order valence-corrected chi connectivity index (χ0v) is 12.2. The molecule has 0 aliphatic heterocycles. The molecule has 0 aromatic carbocycles. The molecule has 1 unspecified atom stereocenters. The van der Waals surface area contributed by atoms with Gasteiger partial charge < -0.3 is 9.32 Å². The molecule has 1 aliphatic carbocycles. The van der Waals surface area contributed by atoms with Gasteiger partial charge in [-0.15, -0.1) is 11.6 Å². The third-order valence-corrected chi connectivity index (χ3v) is 3.92. The van der Waals surface area contributed by atoms with Crippen molar-refractivity contribution in [2.24, 2.45) is 5.92 Å². The molecular formula is C15H20ClNO2. The lowest BCUT2D eigenvalue weighted by Crippen LogP contribution is -2.35. The van der Waals surface area contributed by atoms with Crippen molar-refractivity contribution >= 4 is 17.5 Å². The van der Waals surface area contributed by atoms with Crippen LogP contribution >= 0.6 is 11.6 Å². The molecule has 19 heavy (non-hydrogen) atoms. The highest BCUT2D eigenvalue weighted by atomic mass is 35.5. The van der Waals surface area contributed by atoms with Crippen molar-refractivity contribution in [3.8, 4) is 0 Å². The molecular weight excluding hydrogens is 262 g/mol. The molecule has 104 valence electrons. The van der Waals surface area contributed by atoms with Gasteiger partial charge in [-0.3, -0.25) is 4.79 Å². The number of allylic oxidation sites excluding steroid dienone is 2. The fourth-order valence-corrected chi connectivity index (χ4v) is 2.94. The van der Waals surface area contributed by atoms with Crippen LogP contribution in [-0.4, -0.2) is 16.7 Å². The van der Waals surface area contributed by atoms with Gasteiger partial charge in [-0.1, -0.05) is 12.5 Å². The Morgan fingerprint density at radius 2 is 2.37 bits per heavy atom. The minimum Gasteiger partial charge on any atom is -0.467 e. The maximum absolute atomic E-state index is 12.1. The zero-order valence-electron chi connectivity index (χ0n) is 11.5. The van der Waals surface area contributed by atoms with E-state index >= 15 is 0 Å². The standard InChI is InChI=1S/C15H20ClNO2/c1-11-5-3-6-12(2)15(11)17(14(18)9-16)10-13-7-4-8-19-13/h4,7-8,11H,3,5-6,9-10H2,1-2H3. The summed E-state index contributed by atoms with van der Waals surface area (Å²) in [5, 5.41) is 0. The molecule has 0 radical (unpaired) electrons. The van der Waals surface area contributed by atoms with Crippen LogP contribution in [0.25, 0.3) is 0 Å². The quantitative estimate of drug-likeness (QED) is 0.783. The summed E-state index contributed by atoms with van der Waals surface area (Å²) in [7, 11) is 0. The fourth-order valence-electron chi connectivity index (χ4n) is 2.79. The van der Waals surface area contributed by atoms with Crippen LogP contribution in [0.15, 0.2) is 34.1 Å². The van der Waals surface area contributed by atoms with E-state index in [1.54, 1.807) is 11.2 Å². The summed E-state index contributed by atoms with van der Waals surface area (Å²) in [4.78, 5) is 13.9. The van der Waals surface area contributed by atoms with Crippen molar-refractivity contribution in [1.82, 2.24) is 4.90 Å². The summed E-state index contributed by atoms with van der Waals surface area (Å²) in [6.45, 7) is 4.76. The second-order valence-electron chi connectivity index (χ2n) is 5.15. The number of furan rings is 1. The van der Waals surface area contributed by atoms with Crippen LogP contribution in [0, 0.1) is 5.92 Å². The van der Waals surface area contributed by atoms with Gasteiger partial charge in [0.1, 0.15) is 11.6 Å². The minimum atomic E-state index is -0.0545. The van der Waals surface area contributed by atoms with E-state index in [2.05, 4.69) is 13.8 Å². The predicted molar refractivity (Wildman–Crippen MR) is 75.7 cm³/mol. The van der Waals surface area contributed by atoms with Crippen molar-refractivity contribution in [1.29, 1.82) is 0 Å². The van der Waals surface area contributed by atoms with Crippen LogP contribution in [0.3, 0.4) is 0 Å². The number of rotatable bonds is 4. The maximum atomic E-state index is 12.1. The van der Waals surface area contributed by atoms with E-state index in [1.807, 2.05) is 12.1 Å². The molecule has 1 aromatic rings. The van der Waals surface area contributed by atoms with Crippen molar-refractivity contribution in [2.75, 3.05) is 5.88 Å². The first-order valence-corrected chi connectivity index (χ1v) is 7.25. The first-order chi connectivity index (χ1) is 9.13. The van der Waals surface area contributed by atoms with E-state index in [9.17, 15) is 4.79 Å². The Bertz CT molecular complexity index is 464. The minimum absolute atomic E-state index is 0.00418. The molecule has 0 saturated heterocycles. The van der Waals surface area contributed by atoms with Gasteiger partial charge in [-0.05, 0) is 44.2 Å². The number of halogens is 1. The second-order valence-corrected chi connectivity index (χ2v) is 5.42. The Hall–Kier alpha value is -1.22. The summed E-state index contributed by atoms with van der Waals surface area (Å²) in [6.07, 6.45) is 5.01. The normalized spacial score (nSPS) is 19.6. The number of carbonyl (C=O) groups excluding carboxylic acids is 1. The van der Waals surface area contributed by atoms with Crippen molar-refractivity contribution < 1.29 is 9.21 Å². The monoisotopic (exact) mass is 281 g/mol. The molecule has 1 heterocycles. The third kappa shape index (κ3) is 3.21. The summed E-state index contributed by atoms with van der Waals surface area (Å²) >= 11 is 5.76. The van der Waals surface area contributed by atoms with E-state index in [1.165, 1.54) is 12.0 Å². The van der Waals surface area contributed by atoms with Gasteiger partial charge >= 0.3 is 0 Å². The van der Waals surface area contributed by atoms with Crippen LogP contribution in [0.5, 0.6) is 0 Å². The van der Waals surface area contributed by atoms with Crippen LogP contribution in [0.2, 0.25) is 0 Å². The Labute approximate surface area is 119 Å². The largest absolute Gasteiger partial charge is 0.467 e.